The molecule has 2 heterocycles. The minimum atomic E-state index is -0.266. The summed E-state index contributed by atoms with van der Waals surface area (Å²) in [4.78, 5) is 27.3. The molecule has 2 amide bonds. The van der Waals surface area contributed by atoms with E-state index in [1.54, 1.807) is 30.3 Å². The van der Waals surface area contributed by atoms with Crippen LogP contribution in [0.4, 0.5) is 11.4 Å². The molecule has 1 aromatic carbocycles. The molecule has 20 heavy (non-hydrogen) atoms. The van der Waals surface area contributed by atoms with Gasteiger partial charge >= 0.3 is 0 Å². The summed E-state index contributed by atoms with van der Waals surface area (Å²) in [6.45, 7) is 0. The van der Waals surface area contributed by atoms with Crippen LogP contribution in [0, 0.1) is 0 Å². The molecule has 0 spiro atoms. The number of amides is 2. The number of benzene rings is 1. The number of nitrogens with zero attached hydrogens (tertiary/aromatic N) is 1. The standard InChI is InChI=1S/C14H10ClN3O2/c15-12-4-3-10(7-16-12)17-14(20)9-2-1-8-6-13(19)18-11(8)5-9/h1-5,7H,6H2,(H,17,20)(H,18,19). The van der Waals surface area contributed by atoms with Crippen molar-refractivity contribution in [2.75, 3.05) is 10.6 Å². The summed E-state index contributed by atoms with van der Waals surface area (Å²) < 4.78 is 0. The summed E-state index contributed by atoms with van der Waals surface area (Å²) >= 11 is 5.68. The first-order valence-electron chi connectivity index (χ1n) is 5.97. The number of hydrogen-bond acceptors (Lipinski definition) is 3. The molecular weight excluding hydrogens is 278 g/mol. The molecule has 0 atom stereocenters. The summed E-state index contributed by atoms with van der Waals surface area (Å²) in [6.07, 6.45) is 1.84. The fourth-order valence-corrected chi connectivity index (χ4v) is 2.12. The molecule has 2 aromatic rings. The van der Waals surface area contributed by atoms with E-state index in [1.165, 1.54) is 6.20 Å². The van der Waals surface area contributed by atoms with Crippen LogP contribution in [-0.2, 0) is 11.2 Å². The summed E-state index contributed by atoms with van der Waals surface area (Å²) in [7, 11) is 0. The van der Waals surface area contributed by atoms with Crippen molar-refractivity contribution in [1.82, 2.24) is 4.98 Å². The highest BCUT2D eigenvalue weighted by molar-refractivity contribution is 6.29. The van der Waals surface area contributed by atoms with Gasteiger partial charge in [-0.1, -0.05) is 17.7 Å². The first-order valence-corrected chi connectivity index (χ1v) is 6.35. The molecule has 0 aliphatic carbocycles. The van der Waals surface area contributed by atoms with Crippen LogP contribution in [-0.4, -0.2) is 16.8 Å². The fraction of sp³-hybridized carbons (Fsp3) is 0.0714. The van der Waals surface area contributed by atoms with Crippen LogP contribution in [0.5, 0.6) is 0 Å². The third-order valence-electron chi connectivity index (χ3n) is 2.98. The summed E-state index contributed by atoms with van der Waals surface area (Å²) in [5, 5.41) is 5.79. The van der Waals surface area contributed by atoms with Crippen LogP contribution in [0.1, 0.15) is 15.9 Å². The van der Waals surface area contributed by atoms with Crippen LogP contribution in [0.25, 0.3) is 0 Å². The van der Waals surface area contributed by atoms with Gasteiger partial charge in [0.25, 0.3) is 5.91 Å². The molecule has 0 saturated carbocycles. The first-order chi connectivity index (χ1) is 9.61. The molecule has 6 heteroatoms. The van der Waals surface area contributed by atoms with Gasteiger partial charge in [-0.3, -0.25) is 9.59 Å². The zero-order chi connectivity index (χ0) is 14.1. The van der Waals surface area contributed by atoms with E-state index in [4.69, 9.17) is 11.6 Å². The van der Waals surface area contributed by atoms with Crippen LogP contribution in [0.3, 0.4) is 0 Å². The molecular formula is C14H10ClN3O2. The number of pyridine rings is 1. The van der Waals surface area contributed by atoms with E-state index in [-0.39, 0.29) is 11.8 Å². The van der Waals surface area contributed by atoms with E-state index in [0.29, 0.717) is 28.5 Å². The fourth-order valence-electron chi connectivity index (χ4n) is 2.01. The summed E-state index contributed by atoms with van der Waals surface area (Å²) in [6, 6.07) is 8.40. The van der Waals surface area contributed by atoms with Crippen molar-refractivity contribution < 1.29 is 9.59 Å². The van der Waals surface area contributed by atoms with Gasteiger partial charge in [-0.05, 0) is 29.8 Å². The zero-order valence-electron chi connectivity index (χ0n) is 10.3. The molecule has 3 rings (SSSR count). The maximum atomic E-state index is 12.1. The second kappa shape index (κ2) is 4.94. The average Bonchev–Trinajstić information content (AvgIpc) is 2.80. The molecule has 0 fully saturated rings. The topological polar surface area (TPSA) is 71.1 Å². The minimum Gasteiger partial charge on any atom is -0.326 e. The molecule has 1 aliphatic rings. The Morgan fingerprint density at radius 2 is 2.15 bits per heavy atom. The van der Waals surface area contributed by atoms with E-state index in [0.717, 1.165) is 5.56 Å². The van der Waals surface area contributed by atoms with Crippen LogP contribution >= 0.6 is 11.6 Å². The number of nitrogens with one attached hydrogen (secondary N) is 2. The van der Waals surface area contributed by atoms with Gasteiger partial charge in [-0.2, -0.15) is 0 Å². The number of fused-ring (bicyclic) bond motifs is 1. The Labute approximate surface area is 120 Å². The van der Waals surface area contributed by atoms with E-state index in [9.17, 15) is 9.59 Å². The Morgan fingerprint density at radius 1 is 1.30 bits per heavy atom. The lowest BCUT2D eigenvalue weighted by atomic mass is 10.1. The molecule has 100 valence electrons. The Bertz CT molecular complexity index is 698. The minimum absolute atomic E-state index is 0.0561. The lowest BCUT2D eigenvalue weighted by molar-refractivity contribution is -0.115. The highest BCUT2D eigenvalue weighted by Gasteiger charge is 2.19. The smallest absolute Gasteiger partial charge is 0.255 e. The quantitative estimate of drug-likeness (QED) is 0.834. The van der Waals surface area contributed by atoms with Gasteiger partial charge in [0, 0.05) is 11.3 Å². The van der Waals surface area contributed by atoms with Gasteiger partial charge < -0.3 is 10.6 Å². The van der Waals surface area contributed by atoms with Gasteiger partial charge in [0.05, 0.1) is 18.3 Å². The SMILES string of the molecule is O=C1Cc2ccc(C(=O)Nc3ccc(Cl)nc3)cc2N1. The van der Waals surface area contributed by atoms with Crippen molar-refractivity contribution in [3.63, 3.8) is 0 Å². The summed E-state index contributed by atoms with van der Waals surface area (Å²) in [5.41, 5.74) is 2.63. The van der Waals surface area contributed by atoms with Crippen molar-refractivity contribution >= 4 is 34.8 Å². The van der Waals surface area contributed by atoms with Crippen LogP contribution in [0.15, 0.2) is 36.5 Å². The second-order valence-corrected chi connectivity index (χ2v) is 4.81. The third-order valence-corrected chi connectivity index (χ3v) is 3.21. The Balaban J connectivity index is 1.79. The average molecular weight is 288 g/mol. The Kier molecular flexibility index (Phi) is 3.12. The third kappa shape index (κ3) is 2.48. The molecule has 2 N–H and O–H groups in total. The highest BCUT2D eigenvalue weighted by Crippen LogP contribution is 2.24. The van der Waals surface area contributed by atoms with Crippen LogP contribution in [0.2, 0.25) is 5.15 Å². The maximum Gasteiger partial charge on any atom is 0.255 e. The van der Waals surface area contributed by atoms with E-state index < -0.39 is 0 Å². The van der Waals surface area contributed by atoms with Crippen molar-refractivity contribution in [2.24, 2.45) is 0 Å². The monoisotopic (exact) mass is 287 g/mol. The van der Waals surface area contributed by atoms with Gasteiger partial charge in [-0.25, -0.2) is 4.98 Å². The predicted molar refractivity (Wildman–Crippen MR) is 76.0 cm³/mol. The zero-order valence-corrected chi connectivity index (χ0v) is 11.1. The number of hydrogen-bond donors (Lipinski definition) is 2. The van der Waals surface area contributed by atoms with Crippen LogP contribution < -0.4 is 10.6 Å². The van der Waals surface area contributed by atoms with Gasteiger partial charge in [0.1, 0.15) is 5.15 Å². The van der Waals surface area contributed by atoms with Crippen molar-refractivity contribution in [3.05, 3.63) is 52.8 Å². The number of carbonyl (C=O) groups is 2. The lowest BCUT2D eigenvalue weighted by Crippen LogP contribution is -2.12. The largest absolute Gasteiger partial charge is 0.326 e. The molecule has 0 saturated heterocycles. The van der Waals surface area contributed by atoms with E-state index in [2.05, 4.69) is 15.6 Å². The number of halogens is 1. The maximum absolute atomic E-state index is 12.1. The van der Waals surface area contributed by atoms with E-state index >= 15 is 0 Å². The second-order valence-electron chi connectivity index (χ2n) is 4.42. The lowest BCUT2D eigenvalue weighted by Gasteiger charge is -2.06. The molecule has 0 radical (unpaired) electrons. The van der Waals surface area contributed by atoms with Gasteiger partial charge in [-0.15, -0.1) is 0 Å². The number of rotatable bonds is 2. The molecule has 0 bridgehead atoms. The highest BCUT2D eigenvalue weighted by atomic mass is 35.5. The molecule has 1 aromatic heterocycles. The number of anilines is 2. The van der Waals surface area contributed by atoms with Crippen molar-refractivity contribution in [3.8, 4) is 0 Å². The van der Waals surface area contributed by atoms with Gasteiger partial charge in [0.2, 0.25) is 5.91 Å². The number of carbonyl (C=O) groups excluding carboxylic acids is 2. The first kappa shape index (κ1) is 12.6. The Morgan fingerprint density at radius 3 is 2.90 bits per heavy atom. The predicted octanol–water partition coefficient (Wildman–Crippen LogP) is 2.48. The van der Waals surface area contributed by atoms with Gasteiger partial charge in [0.15, 0.2) is 0 Å². The number of aromatic nitrogens is 1. The molecule has 5 nitrogen and oxygen atoms in total. The van der Waals surface area contributed by atoms with E-state index in [1.807, 2.05) is 0 Å². The Hall–Kier alpha value is -2.40. The van der Waals surface area contributed by atoms with Crippen molar-refractivity contribution in [2.45, 2.75) is 6.42 Å². The molecule has 0 unspecified atom stereocenters. The summed E-state index contributed by atoms with van der Waals surface area (Å²) in [5.74, 6) is -0.322. The molecule has 1 aliphatic heterocycles. The van der Waals surface area contributed by atoms with Crippen molar-refractivity contribution in [1.29, 1.82) is 0 Å². The normalized spacial score (nSPS) is 12.8.